The van der Waals surface area contributed by atoms with Gasteiger partial charge in [-0.25, -0.2) is 15.8 Å². The Labute approximate surface area is 144 Å². The SMILES string of the molecule is Cc1ccc(N(N)c2c(Cl)nc(SCC3CC3)nc2Cl)cc1. The molecule has 22 heavy (non-hydrogen) atoms. The normalized spacial score (nSPS) is 14.2. The lowest BCUT2D eigenvalue weighted by Crippen LogP contribution is -2.26. The van der Waals surface area contributed by atoms with Crippen molar-refractivity contribution in [3.8, 4) is 0 Å². The highest BCUT2D eigenvalue weighted by molar-refractivity contribution is 7.99. The summed E-state index contributed by atoms with van der Waals surface area (Å²) in [5.74, 6) is 7.92. The molecule has 116 valence electrons. The number of rotatable bonds is 5. The van der Waals surface area contributed by atoms with Crippen LogP contribution in [0.25, 0.3) is 0 Å². The molecule has 1 saturated carbocycles. The van der Waals surface area contributed by atoms with Gasteiger partial charge in [0.25, 0.3) is 0 Å². The topological polar surface area (TPSA) is 55.0 Å². The fourth-order valence-electron chi connectivity index (χ4n) is 1.96. The smallest absolute Gasteiger partial charge is 0.190 e. The van der Waals surface area contributed by atoms with Gasteiger partial charge in [0, 0.05) is 5.75 Å². The molecular weight excluding hydrogens is 339 g/mol. The second-order valence-electron chi connectivity index (χ2n) is 5.40. The molecule has 0 atom stereocenters. The number of aryl methyl sites for hydroxylation is 1. The fourth-order valence-corrected chi connectivity index (χ4v) is 3.66. The minimum absolute atomic E-state index is 0.265. The van der Waals surface area contributed by atoms with E-state index in [0.717, 1.165) is 22.9 Å². The maximum Gasteiger partial charge on any atom is 0.190 e. The van der Waals surface area contributed by atoms with Crippen molar-refractivity contribution in [2.45, 2.75) is 24.9 Å². The number of benzene rings is 1. The molecule has 4 nitrogen and oxygen atoms in total. The van der Waals surface area contributed by atoms with E-state index in [9.17, 15) is 0 Å². The molecule has 7 heteroatoms. The van der Waals surface area contributed by atoms with Crippen LogP contribution in [0.5, 0.6) is 0 Å². The summed E-state index contributed by atoms with van der Waals surface area (Å²) in [4.78, 5) is 8.62. The summed E-state index contributed by atoms with van der Waals surface area (Å²) in [5.41, 5.74) is 2.34. The second kappa shape index (κ2) is 6.62. The van der Waals surface area contributed by atoms with E-state index >= 15 is 0 Å². The van der Waals surface area contributed by atoms with Crippen molar-refractivity contribution in [1.29, 1.82) is 0 Å². The van der Waals surface area contributed by atoms with Gasteiger partial charge in [-0.05, 0) is 37.8 Å². The lowest BCUT2D eigenvalue weighted by molar-refractivity contribution is 0.930. The molecule has 1 aromatic heterocycles. The Bertz CT molecular complexity index is 651. The van der Waals surface area contributed by atoms with Crippen LogP contribution in [0.1, 0.15) is 18.4 Å². The fraction of sp³-hybridized carbons (Fsp3) is 0.333. The summed E-state index contributed by atoms with van der Waals surface area (Å²) in [6.45, 7) is 2.01. The van der Waals surface area contributed by atoms with E-state index < -0.39 is 0 Å². The lowest BCUT2D eigenvalue weighted by Gasteiger charge is -2.20. The zero-order valence-electron chi connectivity index (χ0n) is 12.1. The Balaban J connectivity index is 1.84. The summed E-state index contributed by atoms with van der Waals surface area (Å²) in [6, 6.07) is 7.74. The summed E-state index contributed by atoms with van der Waals surface area (Å²) < 4.78 is 0. The lowest BCUT2D eigenvalue weighted by atomic mass is 10.2. The molecular formula is C15H16Cl2N4S. The number of nitrogens with two attached hydrogens (primary N) is 1. The van der Waals surface area contributed by atoms with Crippen molar-refractivity contribution in [3.05, 3.63) is 40.1 Å². The van der Waals surface area contributed by atoms with E-state index in [0.29, 0.717) is 10.8 Å². The molecule has 2 N–H and O–H groups in total. The van der Waals surface area contributed by atoms with Crippen molar-refractivity contribution in [1.82, 2.24) is 9.97 Å². The maximum absolute atomic E-state index is 6.27. The summed E-state index contributed by atoms with van der Waals surface area (Å²) in [5, 5.41) is 2.55. The van der Waals surface area contributed by atoms with Crippen molar-refractivity contribution in [2.24, 2.45) is 11.8 Å². The third-order valence-corrected chi connectivity index (χ3v) is 5.08. The van der Waals surface area contributed by atoms with Gasteiger partial charge in [-0.1, -0.05) is 52.7 Å². The highest BCUT2D eigenvalue weighted by Crippen LogP contribution is 2.38. The van der Waals surface area contributed by atoms with Crippen LogP contribution in [0.15, 0.2) is 29.4 Å². The molecule has 1 heterocycles. The molecule has 3 rings (SSSR count). The molecule has 1 aliphatic rings. The monoisotopic (exact) mass is 354 g/mol. The van der Waals surface area contributed by atoms with Crippen LogP contribution in [0.2, 0.25) is 10.3 Å². The minimum atomic E-state index is 0.265. The van der Waals surface area contributed by atoms with Crippen molar-refractivity contribution in [3.63, 3.8) is 0 Å². The molecule has 0 bridgehead atoms. The molecule has 0 radical (unpaired) electrons. The van der Waals surface area contributed by atoms with E-state index in [4.69, 9.17) is 29.0 Å². The molecule has 1 aliphatic carbocycles. The Hall–Kier alpha value is -1.01. The van der Waals surface area contributed by atoms with Gasteiger partial charge in [-0.2, -0.15) is 0 Å². The largest absolute Gasteiger partial charge is 0.273 e. The zero-order valence-corrected chi connectivity index (χ0v) is 14.4. The summed E-state index contributed by atoms with van der Waals surface area (Å²) in [7, 11) is 0. The van der Waals surface area contributed by atoms with Gasteiger partial charge < -0.3 is 0 Å². The number of anilines is 2. The van der Waals surface area contributed by atoms with Crippen LogP contribution in [-0.2, 0) is 0 Å². The first-order valence-electron chi connectivity index (χ1n) is 7.02. The first-order valence-corrected chi connectivity index (χ1v) is 8.76. The third kappa shape index (κ3) is 3.66. The van der Waals surface area contributed by atoms with Crippen LogP contribution in [0.4, 0.5) is 11.4 Å². The quantitative estimate of drug-likeness (QED) is 0.279. The molecule has 0 amide bonds. The van der Waals surface area contributed by atoms with Crippen molar-refractivity contribution < 1.29 is 0 Å². The van der Waals surface area contributed by atoms with Gasteiger partial charge in [-0.15, -0.1) is 0 Å². The highest BCUT2D eigenvalue weighted by Gasteiger charge is 2.23. The van der Waals surface area contributed by atoms with E-state index in [1.807, 2.05) is 31.2 Å². The van der Waals surface area contributed by atoms with Crippen LogP contribution in [-0.4, -0.2) is 15.7 Å². The van der Waals surface area contributed by atoms with Gasteiger partial charge in [-0.3, -0.25) is 5.01 Å². The predicted molar refractivity (Wildman–Crippen MR) is 93.0 cm³/mol. The summed E-state index contributed by atoms with van der Waals surface area (Å²) >= 11 is 14.1. The average Bonchev–Trinajstić information content (AvgIpc) is 3.29. The number of hydrogen-bond donors (Lipinski definition) is 1. The molecule has 1 aromatic carbocycles. The Morgan fingerprint density at radius 1 is 1.18 bits per heavy atom. The molecule has 0 aliphatic heterocycles. The van der Waals surface area contributed by atoms with Gasteiger partial charge in [0.1, 0.15) is 5.69 Å². The van der Waals surface area contributed by atoms with Gasteiger partial charge in [0.05, 0.1) is 5.69 Å². The van der Waals surface area contributed by atoms with E-state index in [1.165, 1.54) is 17.9 Å². The van der Waals surface area contributed by atoms with Crippen LogP contribution in [0, 0.1) is 12.8 Å². The van der Waals surface area contributed by atoms with E-state index in [-0.39, 0.29) is 10.3 Å². The zero-order chi connectivity index (χ0) is 15.7. The number of hydrogen-bond acceptors (Lipinski definition) is 5. The predicted octanol–water partition coefficient (Wildman–Crippen LogP) is 4.61. The minimum Gasteiger partial charge on any atom is -0.273 e. The molecule has 0 spiro atoms. The Kier molecular flexibility index (Phi) is 4.78. The first kappa shape index (κ1) is 15.9. The number of hydrazine groups is 1. The average molecular weight is 355 g/mol. The van der Waals surface area contributed by atoms with Crippen LogP contribution in [0.3, 0.4) is 0 Å². The molecule has 0 saturated heterocycles. The number of nitrogens with zero attached hydrogens (tertiary/aromatic N) is 3. The molecule has 1 fully saturated rings. The highest BCUT2D eigenvalue weighted by atomic mass is 35.5. The molecule has 2 aromatic rings. The number of thioether (sulfide) groups is 1. The first-order chi connectivity index (χ1) is 10.5. The van der Waals surface area contributed by atoms with Gasteiger partial charge >= 0.3 is 0 Å². The molecule has 0 unspecified atom stereocenters. The third-order valence-electron chi connectivity index (χ3n) is 3.48. The second-order valence-corrected chi connectivity index (χ2v) is 7.10. The Morgan fingerprint density at radius 2 is 1.77 bits per heavy atom. The van der Waals surface area contributed by atoms with Gasteiger partial charge in [0.15, 0.2) is 15.5 Å². The number of aromatic nitrogens is 2. The van der Waals surface area contributed by atoms with Crippen molar-refractivity contribution >= 4 is 46.3 Å². The van der Waals surface area contributed by atoms with Crippen LogP contribution < -0.4 is 10.9 Å². The standard InChI is InChI=1S/C15H16Cl2N4S/c1-9-2-6-11(7-3-9)21(18)12-13(16)19-15(20-14(12)17)22-8-10-4-5-10/h2-3,6-7,10H,4-5,8,18H2,1H3. The van der Waals surface area contributed by atoms with Crippen molar-refractivity contribution in [2.75, 3.05) is 10.8 Å². The maximum atomic E-state index is 6.27. The van der Waals surface area contributed by atoms with Crippen LogP contribution >= 0.6 is 35.0 Å². The van der Waals surface area contributed by atoms with E-state index in [1.54, 1.807) is 11.8 Å². The van der Waals surface area contributed by atoms with Gasteiger partial charge in [0.2, 0.25) is 0 Å². The number of halogens is 2. The Morgan fingerprint density at radius 3 is 2.32 bits per heavy atom. The summed E-state index contributed by atoms with van der Waals surface area (Å²) in [6.07, 6.45) is 2.58. The van der Waals surface area contributed by atoms with E-state index in [2.05, 4.69) is 9.97 Å².